The fourth-order valence-corrected chi connectivity index (χ4v) is 1.16. The smallest absolute Gasteiger partial charge is 0.469 e. The Kier molecular flexibility index (Phi) is 7.65. The summed E-state index contributed by atoms with van der Waals surface area (Å²) in [5.74, 6) is -2.56. The second-order valence-electron chi connectivity index (χ2n) is 3.32. The van der Waals surface area contributed by atoms with Gasteiger partial charge in [-0.25, -0.2) is 19.6 Å². The van der Waals surface area contributed by atoms with Crippen LogP contribution in [-0.2, 0) is 23.6 Å². The Bertz CT molecular complexity index is 467. The molecule has 0 atom stereocenters. The quantitative estimate of drug-likeness (QED) is 0.125. The van der Waals surface area contributed by atoms with Crippen molar-refractivity contribution >= 4 is 25.4 Å². The minimum absolute atomic E-state index is 0.0133. The minimum Gasteiger partial charge on any atom is -0.477 e. The fraction of sp³-hybridized carbons (Fsp3) is 0.375. The fourth-order valence-electron chi connectivity index (χ4n) is 0.871. The summed E-state index contributed by atoms with van der Waals surface area (Å²) in [6.07, 6.45) is 0.416. The molecule has 114 valence electrons. The molecule has 0 rings (SSSR count). The lowest BCUT2D eigenvalue weighted by Crippen LogP contribution is -2.21. The average Bonchev–Trinajstić information content (AvgIpc) is 2.30. The first-order valence-electron chi connectivity index (χ1n) is 4.94. The standard InChI is InChI=1S/C8H13N2O9P/c9-5(3-18-14)1-2-7(11)10-6(8(12)13)4-19-20(15,16)17/h3,14H,1-2,4,9H2,(H,12,13)(H2,15,16,17)/b5-3-,10-6-. The number of rotatable bonds is 8. The third-order valence-corrected chi connectivity index (χ3v) is 2.17. The summed E-state index contributed by atoms with van der Waals surface area (Å²) in [5, 5.41) is 16.7. The SMILES string of the molecule is N/C(=C\OO)CCC(=O)/N=C(/COP(=O)(O)O)C(=O)O. The van der Waals surface area contributed by atoms with Gasteiger partial charge in [0, 0.05) is 12.1 Å². The predicted molar refractivity (Wildman–Crippen MR) is 63.3 cm³/mol. The molecule has 0 aliphatic heterocycles. The highest BCUT2D eigenvalue weighted by Crippen LogP contribution is 2.35. The van der Waals surface area contributed by atoms with E-state index in [0.29, 0.717) is 0 Å². The van der Waals surface area contributed by atoms with Gasteiger partial charge in [0.2, 0.25) is 5.91 Å². The molecule has 0 aromatic carbocycles. The highest BCUT2D eigenvalue weighted by atomic mass is 31.2. The Morgan fingerprint density at radius 1 is 1.30 bits per heavy atom. The molecular weight excluding hydrogens is 299 g/mol. The van der Waals surface area contributed by atoms with Crippen LogP contribution in [0.3, 0.4) is 0 Å². The highest BCUT2D eigenvalue weighted by molar-refractivity contribution is 7.46. The van der Waals surface area contributed by atoms with Crippen molar-refractivity contribution in [3.05, 3.63) is 12.0 Å². The van der Waals surface area contributed by atoms with Gasteiger partial charge in [0.05, 0.1) is 0 Å². The van der Waals surface area contributed by atoms with Crippen molar-refractivity contribution in [2.75, 3.05) is 6.61 Å². The molecule has 6 N–H and O–H groups in total. The molecule has 0 aromatic heterocycles. The van der Waals surface area contributed by atoms with Crippen LogP contribution in [0.1, 0.15) is 12.8 Å². The minimum atomic E-state index is -4.87. The number of aliphatic imine (C=N–C) groups is 1. The van der Waals surface area contributed by atoms with E-state index in [1.807, 2.05) is 0 Å². The number of phosphoric ester groups is 1. The summed E-state index contributed by atoms with van der Waals surface area (Å²) in [7, 11) is -4.87. The Labute approximate surface area is 112 Å². The van der Waals surface area contributed by atoms with Gasteiger partial charge < -0.3 is 25.5 Å². The lowest BCUT2D eigenvalue weighted by atomic mass is 10.2. The Balaban J connectivity index is 4.60. The average molecular weight is 312 g/mol. The van der Waals surface area contributed by atoms with Crippen LogP contribution in [0.4, 0.5) is 0 Å². The normalized spacial score (nSPS) is 13.2. The zero-order valence-corrected chi connectivity index (χ0v) is 10.9. The van der Waals surface area contributed by atoms with E-state index in [1.165, 1.54) is 0 Å². The number of nitrogens with two attached hydrogens (primary N) is 1. The summed E-state index contributed by atoms with van der Waals surface area (Å²) in [6.45, 7) is -1.03. The molecule has 20 heavy (non-hydrogen) atoms. The number of allylic oxidation sites excluding steroid dienone is 1. The van der Waals surface area contributed by atoms with Crippen LogP contribution in [-0.4, -0.2) is 44.3 Å². The number of nitrogens with zero attached hydrogens (tertiary/aromatic N) is 1. The number of amides is 1. The summed E-state index contributed by atoms with van der Waals surface area (Å²) in [5.41, 5.74) is 4.42. The maximum absolute atomic E-state index is 11.3. The zero-order valence-electron chi connectivity index (χ0n) is 10.0. The number of phosphoric acid groups is 1. The monoisotopic (exact) mass is 312 g/mol. The van der Waals surface area contributed by atoms with Gasteiger partial charge in [-0.1, -0.05) is 0 Å². The molecule has 0 aliphatic rings. The molecule has 0 saturated carbocycles. The van der Waals surface area contributed by atoms with Crippen molar-refractivity contribution in [3.63, 3.8) is 0 Å². The number of carboxylic acids is 1. The third kappa shape index (κ3) is 9.19. The number of carbonyl (C=O) groups is 2. The van der Waals surface area contributed by atoms with Gasteiger partial charge in [-0.05, 0) is 6.42 Å². The summed E-state index contributed by atoms with van der Waals surface area (Å²) in [6, 6.07) is 0. The molecule has 12 heteroatoms. The number of hydrogen-bond donors (Lipinski definition) is 5. The molecule has 0 unspecified atom stereocenters. The molecule has 0 heterocycles. The van der Waals surface area contributed by atoms with Crippen molar-refractivity contribution in [1.29, 1.82) is 0 Å². The zero-order chi connectivity index (χ0) is 15.8. The summed E-state index contributed by atoms with van der Waals surface area (Å²) >= 11 is 0. The van der Waals surface area contributed by atoms with E-state index in [1.54, 1.807) is 0 Å². The molecule has 0 bridgehead atoms. The topological polar surface area (TPSA) is 189 Å². The maximum atomic E-state index is 11.3. The second kappa shape index (κ2) is 8.40. The molecule has 0 aromatic rings. The van der Waals surface area contributed by atoms with Crippen LogP contribution < -0.4 is 5.73 Å². The second-order valence-corrected chi connectivity index (χ2v) is 4.56. The van der Waals surface area contributed by atoms with Crippen molar-refractivity contribution in [2.24, 2.45) is 10.7 Å². The van der Waals surface area contributed by atoms with Gasteiger partial charge in [0.1, 0.15) is 12.9 Å². The van der Waals surface area contributed by atoms with Crippen molar-refractivity contribution < 1.29 is 43.7 Å². The summed E-state index contributed by atoms with van der Waals surface area (Å²) < 4.78 is 14.3. The van der Waals surface area contributed by atoms with Crippen LogP contribution in [0.2, 0.25) is 0 Å². The molecule has 0 radical (unpaired) electrons. The first-order chi connectivity index (χ1) is 9.15. The number of hydrogen-bond acceptors (Lipinski definition) is 7. The molecular formula is C8H13N2O9P. The van der Waals surface area contributed by atoms with E-state index in [2.05, 4.69) is 14.4 Å². The third-order valence-electron chi connectivity index (χ3n) is 1.71. The summed E-state index contributed by atoms with van der Waals surface area (Å²) in [4.78, 5) is 45.5. The number of carboxylic acid groups (broad SMARTS) is 1. The van der Waals surface area contributed by atoms with Crippen molar-refractivity contribution in [2.45, 2.75) is 12.8 Å². The van der Waals surface area contributed by atoms with Crippen LogP contribution in [0.5, 0.6) is 0 Å². The van der Waals surface area contributed by atoms with Crippen LogP contribution in [0, 0.1) is 0 Å². The van der Waals surface area contributed by atoms with E-state index < -0.39 is 32.0 Å². The van der Waals surface area contributed by atoms with Gasteiger partial charge in [0.15, 0.2) is 5.71 Å². The van der Waals surface area contributed by atoms with E-state index in [4.69, 9.17) is 25.9 Å². The van der Waals surface area contributed by atoms with Gasteiger partial charge in [-0.2, -0.15) is 0 Å². The van der Waals surface area contributed by atoms with Crippen molar-refractivity contribution in [3.8, 4) is 0 Å². The maximum Gasteiger partial charge on any atom is 0.469 e. The van der Waals surface area contributed by atoms with Gasteiger partial charge >= 0.3 is 13.8 Å². The Morgan fingerprint density at radius 2 is 1.90 bits per heavy atom. The first-order valence-corrected chi connectivity index (χ1v) is 6.47. The van der Waals surface area contributed by atoms with Gasteiger partial charge in [0.25, 0.3) is 0 Å². The molecule has 0 fully saturated rings. The first kappa shape index (κ1) is 18.2. The van der Waals surface area contributed by atoms with Crippen LogP contribution >= 0.6 is 7.82 Å². The van der Waals surface area contributed by atoms with Crippen LogP contribution in [0.25, 0.3) is 0 Å². The highest BCUT2D eigenvalue weighted by Gasteiger charge is 2.20. The van der Waals surface area contributed by atoms with Gasteiger partial charge in [-0.15, -0.1) is 0 Å². The number of carbonyl (C=O) groups excluding carboxylic acids is 1. The Morgan fingerprint density at radius 3 is 2.35 bits per heavy atom. The molecule has 1 amide bonds. The number of aliphatic carboxylic acids is 1. The van der Waals surface area contributed by atoms with E-state index in [0.717, 1.165) is 6.26 Å². The molecule has 11 nitrogen and oxygen atoms in total. The van der Waals surface area contributed by atoms with E-state index >= 15 is 0 Å². The van der Waals surface area contributed by atoms with Gasteiger partial charge in [-0.3, -0.25) is 9.32 Å². The van der Waals surface area contributed by atoms with Crippen LogP contribution in [0.15, 0.2) is 17.0 Å². The van der Waals surface area contributed by atoms with Crippen molar-refractivity contribution in [1.82, 2.24) is 0 Å². The lowest BCUT2D eigenvalue weighted by molar-refractivity contribution is -0.187. The molecule has 0 spiro atoms. The largest absolute Gasteiger partial charge is 0.477 e. The van der Waals surface area contributed by atoms with E-state index in [9.17, 15) is 14.2 Å². The van der Waals surface area contributed by atoms with E-state index in [-0.39, 0.29) is 18.5 Å². The molecule has 0 saturated heterocycles. The lowest BCUT2D eigenvalue weighted by Gasteiger charge is -2.04. The Hall–Kier alpha value is -1.78. The predicted octanol–water partition coefficient (Wildman–Crippen LogP) is -0.782. The molecule has 0 aliphatic carbocycles.